The molecule has 1 aliphatic carbocycles. The Hall–Kier alpha value is -1.87. The van der Waals surface area contributed by atoms with Gasteiger partial charge in [0.15, 0.2) is 0 Å². The molecule has 1 saturated carbocycles. The summed E-state index contributed by atoms with van der Waals surface area (Å²) in [5, 5.41) is 11.6. The number of carbonyl (C=O) groups excluding carboxylic acids is 1. The molecule has 0 bridgehead atoms. The second kappa shape index (κ2) is 5.73. The SMILES string of the molecule is CN(C)S(=O)(=O)c1cc(C(=O)NC(C(=O)O)C2CC2)n(C)c1. The molecular formula is C13H19N3O5S. The van der Waals surface area contributed by atoms with Gasteiger partial charge in [0.05, 0.1) is 0 Å². The Balaban J connectivity index is 2.24. The predicted molar refractivity (Wildman–Crippen MR) is 77.9 cm³/mol. The quantitative estimate of drug-likeness (QED) is 0.755. The van der Waals surface area contributed by atoms with Gasteiger partial charge in [-0.05, 0) is 24.8 Å². The molecule has 0 radical (unpaired) electrons. The summed E-state index contributed by atoms with van der Waals surface area (Å²) in [6.07, 6.45) is 2.87. The van der Waals surface area contributed by atoms with Crippen LogP contribution in [0, 0.1) is 5.92 Å². The number of nitrogens with zero attached hydrogens (tertiary/aromatic N) is 2. The van der Waals surface area contributed by atoms with E-state index < -0.39 is 27.9 Å². The zero-order chi connectivity index (χ0) is 16.7. The monoisotopic (exact) mass is 329 g/mol. The normalized spacial score (nSPS) is 16.5. The van der Waals surface area contributed by atoms with Gasteiger partial charge in [-0.25, -0.2) is 17.5 Å². The van der Waals surface area contributed by atoms with Gasteiger partial charge < -0.3 is 15.0 Å². The van der Waals surface area contributed by atoms with Crippen LogP contribution in [0.25, 0.3) is 0 Å². The lowest BCUT2D eigenvalue weighted by atomic mass is 10.2. The summed E-state index contributed by atoms with van der Waals surface area (Å²) in [5.41, 5.74) is 0.104. The number of nitrogens with one attached hydrogen (secondary N) is 1. The van der Waals surface area contributed by atoms with Crippen LogP contribution in [-0.4, -0.2) is 54.4 Å². The summed E-state index contributed by atoms with van der Waals surface area (Å²) in [6.45, 7) is 0. The Morgan fingerprint density at radius 2 is 2.00 bits per heavy atom. The van der Waals surface area contributed by atoms with Crippen molar-refractivity contribution >= 4 is 21.9 Å². The number of aryl methyl sites for hydroxylation is 1. The Morgan fingerprint density at radius 3 is 2.45 bits per heavy atom. The van der Waals surface area contributed by atoms with E-state index in [2.05, 4.69) is 5.32 Å². The topological polar surface area (TPSA) is 109 Å². The third kappa shape index (κ3) is 3.14. The van der Waals surface area contributed by atoms with Crippen LogP contribution in [0.15, 0.2) is 17.2 Å². The average molecular weight is 329 g/mol. The molecule has 1 aromatic rings. The Kier molecular flexibility index (Phi) is 4.30. The molecule has 22 heavy (non-hydrogen) atoms. The molecule has 0 aromatic carbocycles. The van der Waals surface area contributed by atoms with Crippen molar-refractivity contribution in [1.29, 1.82) is 0 Å². The number of hydrogen-bond acceptors (Lipinski definition) is 4. The molecule has 1 amide bonds. The van der Waals surface area contributed by atoms with Crippen LogP contribution >= 0.6 is 0 Å². The van der Waals surface area contributed by atoms with E-state index >= 15 is 0 Å². The minimum absolute atomic E-state index is 0.0107. The number of carbonyl (C=O) groups is 2. The van der Waals surface area contributed by atoms with Gasteiger partial charge >= 0.3 is 5.97 Å². The molecule has 1 heterocycles. The van der Waals surface area contributed by atoms with Gasteiger partial charge in [-0.1, -0.05) is 0 Å². The first-order valence-electron chi connectivity index (χ1n) is 6.77. The first kappa shape index (κ1) is 16.5. The van der Waals surface area contributed by atoms with Crippen LogP contribution in [0.4, 0.5) is 0 Å². The highest BCUT2D eigenvalue weighted by molar-refractivity contribution is 7.89. The average Bonchev–Trinajstić information content (AvgIpc) is 3.16. The van der Waals surface area contributed by atoms with Crippen LogP contribution in [-0.2, 0) is 21.9 Å². The molecule has 0 aliphatic heterocycles. The van der Waals surface area contributed by atoms with E-state index in [1.807, 2.05) is 0 Å². The summed E-state index contributed by atoms with van der Waals surface area (Å²) in [6, 6.07) is 0.313. The molecule has 1 aliphatic rings. The first-order chi connectivity index (χ1) is 10.1. The fraction of sp³-hybridized carbons (Fsp3) is 0.538. The lowest BCUT2D eigenvalue weighted by Gasteiger charge is -2.13. The molecule has 0 saturated heterocycles. The Morgan fingerprint density at radius 1 is 1.41 bits per heavy atom. The summed E-state index contributed by atoms with van der Waals surface area (Å²) >= 11 is 0. The van der Waals surface area contributed by atoms with Crippen molar-refractivity contribution in [1.82, 2.24) is 14.2 Å². The number of aromatic nitrogens is 1. The van der Waals surface area contributed by atoms with Gasteiger partial charge in [0.1, 0.15) is 16.6 Å². The van der Waals surface area contributed by atoms with Crippen LogP contribution in [0.3, 0.4) is 0 Å². The van der Waals surface area contributed by atoms with Crippen LogP contribution < -0.4 is 5.32 Å². The highest BCUT2D eigenvalue weighted by Gasteiger charge is 2.37. The molecule has 8 nitrogen and oxygen atoms in total. The number of sulfonamides is 1. The van der Waals surface area contributed by atoms with Gasteiger partial charge in [-0.2, -0.15) is 0 Å². The van der Waals surface area contributed by atoms with Gasteiger partial charge in [0.25, 0.3) is 5.91 Å². The number of amides is 1. The number of carboxylic acids is 1. The predicted octanol–water partition coefficient (Wildman–Crippen LogP) is -0.132. The molecule has 1 aromatic heterocycles. The van der Waals surface area contributed by atoms with E-state index in [1.54, 1.807) is 0 Å². The lowest BCUT2D eigenvalue weighted by Crippen LogP contribution is -2.42. The highest BCUT2D eigenvalue weighted by Crippen LogP contribution is 2.33. The van der Waals surface area contributed by atoms with E-state index in [0.29, 0.717) is 0 Å². The van der Waals surface area contributed by atoms with Crippen molar-refractivity contribution in [2.24, 2.45) is 13.0 Å². The molecule has 0 spiro atoms. The van der Waals surface area contributed by atoms with E-state index in [1.165, 1.54) is 38.0 Å². The molecule has 122 valence electrons. The zero-order valence-electron chi connectivity index (χ0n) is 12.6. The van der Waals surface area contributed by atoms with Crippen molar-refractivity contribution in [2.45, 2.75) is 23.8 Å². The molecule has 9 heteroatoms. The van der Waals surface area contributed by atoms with E-state index in [-0.39, 0.29) is 16.5 Å². The standard InChI is InChI=1S/C13H19N3O5S/c1-15(2)22(20,21)9-6-10(16(3)7-9)12(17)14-11(13(18)19)8-4-5-8/h6-8,11H,4-5H2,1-3H3,(H,14,17)(H,18,19). The smallest absolute Gasteiger partial charge is 0.326 e. The maximum atomic E-state index is 12.2. The van der Waals surface area contributed by atoms with E-state index in [0.717, 1.165) is 17.1 Å². The fourth-order valence-corrected chi connectivity index (χ4v) is 3.11. The second-order valence-corrected chi connectivity index (χ2v) is 7.74. The molecule has 2 rings (SSSR count). The molecule has 1 atom stereocenters. The summed E-state index contributed by atoms with van der Waals surface area (Å²) in [4.78, 5) is 23.4. The second-order valence-electron chi connectivity index (χ2n) is 5.59. The maximum Gasteiger partial charge on any atom is 0.326 e. The van der Waals surface area contributed by atoms with E-state index in [9.17, 15) is 18.0 Å². The molecular weight excluding hydrogens is 310 g/mol. The summed E-state index contributed by atoms with van der Waals surface area (Å²) in [5.74, 6) is -1.72. The lowest BCUT2D eigenvalue weighted by molar-refractivity contribution is -0.139. The maximum absolute atomic E-state index is 12.2. The molecule has 1 unspecified atom stereocenters. The van der Waals surface area contributed by atoms with Gasteiger partial charge in [-0.15, -0.1) is 0 Å². The van der Waals surface area contributed by atoms with E-state index in [4.69, 9.17) is 5.11 Å². The van der Waals surface area contributed by atoms with Gasteiger partial charge in [0, 0.05) is 27.3 Å². The van der Waals surface area contributed by atoms with Crippen molar-refractivity contribution in [3.05, 3.63) is 18.0 Å². The number of carboxylic acid groups (broad SMARTS) is 1. The van der Waals surface area contributed by atoms with Crippen molar-refractivity contribution in [2.75, 3.05) is 14.1 Å². The highest BCUT2D eigenvalue weighted by atomic mass is 32.2. The summed E-state index contributed by atoms with van der Waals surface area (Å²) in [7, 11) is 0.690. The third-order valence-corrected chi connectivity index (χ3v) is 5.42. The van der Waals surface area contributed by atoms with Crippen molar-refractivity contribution < 1.29 is 23.1 Å². The minimum Gasteiger partial charge on any atom is -0.480 e. The van der Waals surface area contributed by atoms with Gasteiger partial charge in [0.2, 0.25) is 10.0 Å². The van der Waals surface area contributed by atoms with Crippen molar-refractivity contribution in [3.63, 3.8) is 0 Å². The number of aliphatic carboxylic acids is 1. The number of hydrogen-bond donors (Lipinski definition) is 2. The number of rotatable bonds is 6. The van der Waals surface area contributed by atoms with Crippen LogP contribution in [0.2, 0.25) is 0 Å². The fourth-order valence-electron chi connectivity index (χ4n) is 2.14. The molecule has 1 fully saturated rings. The Labute approximate surface area is 128 Å². The van der Waals surface area contributed by atoms with Gasteiger partial charge in [-0.3, -0.25) is 4.79 Å². The Bertz CT molecular complexity index is 703. The largest absolute Gasteiger partial charge is 0.480 e. The van der Waals surface area contributed by atoms with Crippen LogP contribution in [0.5, 0.6) is 0 Å². The van der Waals surface area contributed by atoms with Crippen molar-refractivity contribution in [3.8, 4) is 0 Å². The third-order valence-electron chi connectivity index (χ3n) is 3.64. The van der Waals surface area contributed by atoms with Crippen LogP contribution in [0.1, 0.15) is 23.3 Å². The summed E-state index contributed by atoms with van der Waals surface area (Å²) < 4.78 is 26.5. The molecule has 2 N–H and O–H groups in total. The first-order valence-corrected chi connectivity index (χ1v) is 8.21. The zero-order valence-corrected chi connectivity index (χ0v) is 13.4. The minimum atomic E-state index is -3.64.